The van der Waals surface area contributed by atoms with Crippen molar-refractivity contribution in [2.45, 2.75) is 38.5 Å². The highest BCUT2D eigenvalue weighted by Crippen LogP contribution is 2.35. The number of aliphatic hydroxyl groups excluding tert-OH is 1. The van der Waals surface area contributed by atoms with Gasteiger partial charge in [-0.2, -0.15) is 0 Å². The maximum absolute atomic E-state index is 12.1. The van der Waals surface area contributed by atoms with Crippen LogP contribution in [0.2, 0.25) is 19.6 Å². The molecule has 2 rings (SSSR count). The molecule has 1 aromatic rings. The van der Waals surface area contributed by atoms with E-state index in [9.17, 15) is 9.90 Å². The first-order valence-corrected chi connectivity index (χ1v) is 12.2. The molecule has 1 aromatic carbocycles. The molecule has 6 heteroatoms. The second-order valence-electron chi connectivity index (χ2n) is 7.36. The molecule has 0 spiro atoms. The maximum Gasteiger partial charge on any atom is 0.161 e. The number of ketones is 1. The minimum atomic E-state index is -1.68. The molecule has 0 saturated heterocycles. The second kappa shape index (κ2) is 8.06. The minimum absolute atomic E-state index is 0.0365. The first-order valence-electron chi connectivity index (χ1n) is 8.65. The Bertz CT molecular complexity index is 652. The van der Waals surface area contributed by atoms with Gasteiger partial charge in [-0.15, -0.1) is 0 Å². The summed E-state index contributed by atoms with van der Waals surface area (Å²) in [5, 5.41) is 10.5. The molecule has 0 bridgehead atoms. The largest absolute Gasteiger partial charge is 0.493 e. The Morgan fingerprint density at radius 2 is 1.84 bits per heavy atom. The lowest BCUT2D eigenvalue weighted by Crippen LogP contribution is -2.43. The predicted octanol–water partition coefficient (Wildman–Crippen LogP) is 2.46. The standard InChI is InChI=1S/C19H29NO4Si/c1-23-17-12-15(19(25(3,4)5)13-18(17)24-2)16-11-14(22)7-9-20(16)8-6-10-21/h7,9,12-13,16,21H,6,8,10-11H2,1-5H3/t16-/m0/s1. The molecule has 25 heavy (non-hydrogen) atoms. The van der Waals surface area contributed by atoms with Crippen LogP contribution in [0.4, 0.5) is 0 Å². The average molecular weight is 364 g/mol. The van der Waals surface area contributed by atoms with Crippen LogP contribution < -0.4 is 14.7 Å². The number of methoxy groups -OCH3 is 2. The first kappa shape index (κ1) is 19.5. The summed E-state index contributed by atoms with van der Waals surface area (Å²) in [5.41, 5.74) is 1.13. The van der Waals surface area contributed by atoms with Crippen LogP contribution in [0.5, 0.6) is 11.5 Å². The van der Waals surface area contributed by atoms with Crippen molar-refractivity contribution >= 4 is 19.0 Å². The number of hydrogen-bond acceptors (Lipinski definition) is 5. The molecule has 0 fully saturated rings. The molecule has 1 aliphatic heterocycles. The van der Waals surface area contributed by atoms with E-state index in [2.05, 4.69) is 30.6 Å². The van der Waals surface area contributed by atoms with Gasteiger partial charge >= 0.3 is 0 Å². The molecule has 138 valence electrons. The number of carbonyl (C=O) groups is 1. The van der Waals surface area contributed by atoms with Crippen LogP contribution in [0, 0.1) is 0 Å². The molecule has 0 unspecified atom stereocenters. The van der Waals surface area contributed by atoms with Crippen molar-refractivity contribution in [3.8, 4) is 11.5 Å². The molecule has 1 aliphatic rings. The quantitative estimate of drug-likeness (QED) is 0.754. The lowest BCUT2D eigenvalue weighted by atomic mass is 9.96. The lowest BCUT2D eigenvalue weighted by Gasteiger charge is -2.36. The second-order valence-corrected chi connectivity index (χ2v) is 12.4. The Kier molecular flexibility index (Phi) is 6.29. The van der Waals surface area contributed by atoms with E-state index >= 15 is 0 Å². The topological polar surface area (TPSA) is 59.0 Å². The van der Waals surface area contributed by atoms with E-state index in [4.69, 9.17) is 9.47 Å². The Hall–Kier alpha value is -1.79. The summed E-state index contributed by atoms with van der Waals surface area (Å²) in [6, 6.07) is 4.06. The highest BCUT2D eigenvalue weighted by Gasteiger charge is 2.31. The van der Waals surface area contributed by atoms with Gasteiger partial charge in [-0.1, -0.05) is 24.8 Å². The third-order valence-electron chi connectivity index (χ3n) is 4.54. The predicted molar refractivity (Wildman–Crippen MR) is 102 cm³/mol. The monoisotopic (exact) mass is 363 g/mol. The van der Waals surface area contributed by atoms with E-state index in [1.54, 1.807) is 20.3 Å². The van der Waals surface area contributed by atoms with Crippen molar-refractivity contribution in [2.75, 3.05) is 27.4 Å². The third-order valence-corrected chi connectivity index (χ3v) is 6.59. The summed E-state index contributed by atoms with van der Waals surface area (Å²) >= 11 is 0. The van der Waals surface area contributed by atoms with Crippen molar-refractivity contribution in [1.82, 2.24) is 4.90 Å². The van der Waals surface area contributed by atoms with Crippen LogP contribution in [0.15, 0.2) is 24.4 Å². The van der Waals surface area contributed by atoms with Crippen LogP contribution in [-0.2, 0) is 4.79 Å². The molecule has 1 heterocycles. The van der Waals surface area contributed by atoms with Gasteiger partial charge in [0.2, 0.25) is 0 Å². The minimum Gasteiger partial charge on any atom is -0.493 e. The van der Waals surface area contributed by atoms with E-state index in [0.29, 0.717) is 25.1 Å². The number of ether oxygens (including phenoxy) is 2. The van der Waals surface area contributed by atoms with Crippen LogP contribution in [0.3, 0.4) is 0 Å². The average Bonchev–Trinajstić information content (AvgIpc) is 2.58. The fraction of sp³-hybridized carbons (Fsp3) is 0.526. The molecule has 1 atom stereocenters. The Balaban J connectivity index is 2.57. The normalized spacial score (nSPS) is 17.8. The molecular formula is C19H29NO4Si. The van der Waals surface area contributed by atoms with Gasteiger partial charge in [0.1, 0.15) is 0 Å². The summed E-state index contributed by atoms with van der Waals surface area (Å²) in [5.74, 6) is 1.54. The number of hydrogen-bond donors (Lipinski definition) is 1. The number of rotatable bonds is 7. The molecule has 5 nitrogen and oxygen atoms in total. The van der Waals surface area contributed by atoms with Crippen molar-refractivity contribution in [1.29, 1.82) is 0 Å². The highest BCUT2D eigenvalue weighted by molar-refractivity contribution is 6.89. The zero-order valence-corrected chi connectivity index (χ0v) is 16.8. The number of benzene rings is 1. The SMILES string of the molecule is COc1cc([C@@H]2CC(=O)C=CN2CCCO)c([Si](C)(C)C)cc1OC. The van der Waals surface area contributed by atoms with Crippen LogP contribution in [-0.4, -0.2) is 51.2 Å². The zero-order chi connectivity index (χ0) is 18.6. The van der Waals surface area contributed by atoms with Gasteiger partial charge in [-0.25, -0.2) is 0 Å². The van der Waals surface area contributed by atoms with E-state index in [1.807, 2.05) is 12.3 Å². The van der Waals surface area contributed by atoms with E-state index in [-0.39, 0.29) is 18.4 Å². The van der Waals surface area contributed by atoms with Crippen molar-refractivity contribution < 1.29 is 19.4 Å². The van der Waals surface area contributed by atoms with Crippen molar-refractivity contribution in [2.24, 2.45) is 0 Å². The molecule has 0 aliphatic carbocycles. The maximum atomic E-state index is 12.1. The summed E-state index contributed by atoms with van der Waals surface area (Å²) in [7, 11) is 1.60. The number of carbonyl (C=O) groups excluding carboxylic acids is 1. The fourth-order valence-corrected chi connectivity index (χ4v) is 4.92. The van der Waals surface area contributed by atoms with Gasteiger partial charge in [-0.05, 0) is 30.2 Å². The number of nitrogens with zero attached hydrogens (tertiary/aromatic N) is 1. The summed E-state index contributed by atoms with van der Waals surface area (Å²) < 4.78 is 11.0. The smallest absolute Gasteiger partial charge is 0.161 e. The zero-order valence-electron chi connectivity index (χ0n) is 15.8. The van der Waals surface area contributed by atoms with Crippen molar-refractivity contribution in [3.05, 3.63) is 30.0 Å². The highest BCUT2D eigenvalue weighted by atomic mass is 28.3. The first-order chi connectivity index (χ1) is 11.8. The molecule has 0 saturated carbocycles. The van der Waals surface area contributed by atoms with Gasteiger partial charge in [0.15, 0.2) is 17.3 Å². The van der Waals surface area contributed by atoms with E-state index < -0.39 is 8.07 Å². The van der Waals surface area contributed by atoms with Gasteiger partial charge in [-0.3, -0.25) is 4.79 Å². The van der Waals surface area contributed by atoms with Gasteiger partial charge in [0.05, 0.1) is 28.3 Å². The molecule has 0 amide bonds. The van der Waals surface area contributed by atoms with Crippen LogP contribution >= 0.6 is 0 Å². The van der Waals surface area contributed by atoms with Gasteiger partial charge in [0, 0.05) is 25.8 Å². The van der Waals surface area contributed by atoms with E-state index in [0.717, 1.165) is 11.3 Å². The van der Waals surface area contributed by atoms with Crippen LogP contribution in [0.1, 0.15) is 24.4 Å². The summed E-state index contributed by atoms with van der Waals surface area (Å²) in [6.45, 7) is 7.71. The number of aliphatic hydroxyl groups is 1. The molecule has 0 aromatic heterocycles. The lowest BCUT2D eigenvalue weighted by molar-refractivity contribution is -0.116. The van der Waals surface area contributed by atoms with E-state index in [1.165, 1.54) is 5.19 Å². The third kappa shape index (κ3) is 4.44. The molecular weight excluding hydrogens is 334 g/mol. The van der Waals surface area contributed by atoms with Crippen molar-refractivity contribution in [3.63, 3.8) is 0 Å². The number of allylic oxidation sites excluding steroid dienone is 1. The summed E-state index contributed by atoms with van der Waals surface area (Å²) in [4.78, 5) is 14.3. The fourth-order valence-electron chi connectivity index (χ4n) is 3.25. The Labute approximate surface area is 151 Å². The van der Waals surface area contributed by atoms with Crippen LogP contribution in [0.25, 0.3) is 0 Å². The molecule has 1 N–H and O–H groups in total. The Morgan fingerprint density at radius 1 is 1.20 bits per heavy atom. The van der Waals surface area contributed by atoms with Gasteiger partial charge < -0.3 is 19.5 Å². The Morgan fingerprint density at radius 3 is 2.40 bits per heavy atom. The molecule has 0 radical (unpaired) electrons. The summed E-state index contributed by atoms with van der Waals surface area (Å²) in [6.07, 6.45) is 4.60. The van der Waals surface area contributed by atoms with Gasteiger partial charge in [0.25, 0.3) is 0 Å².